The smallest absolute Gasteiger partial charge is 0.358 e. The highest BCUT2D eigenvalue weighted by molar-refractivity contribution is 6.10. The number of nitrogens with zero attached hydrogens (tertiary/aromatic N) is 2. The minimum absolute atomic E-state index is 0.0880. The van der Waals surface area contributed by atoms with Crippen LogP contribution >= 0.6 is 0 Å². The van der Waals surface area contributed by atoms with E-state index >= 15 is 0 Å². The highest BCUT2D eigenvalue weighted by atomic mass is 16.6. The van der Waals surface area contributed by atoms with Crippen LogP contribution < -0.4 is 5.32 Å². The van der Waals surface area contributed by atoms with Crippen molar-refractivity contribution < 1.29 is 14.5 Å². The van der Waals surface area contributed by atoms with E-state index in [0.717, 1.165) is 11.8 Å². The van der Waals surface area contributed by atoms with E-state index in [1.807, 2.05) is 0 Å². The molecule has 1 N–H and O–H groups in total. The summed E-state index contributed by atoms with van der Waals surface area (Å²) in [5.74, 6) is -1.50. The first-order valence-electron chi connectivity index (χ1n) is 6.42. The molecule has 112 valence electrons. The van der Waals surface area contributed by atoms with Crippen molar-refractivity contribution >= 4 is 17.6 Å². The fourth-order valence-corrected chi connectivity index (χ4v) is 1.95. The Morgan fingerprint density at radius 2 is 1.82 bits per heavy atom. The van der Waals surface area contributed by atoms with Gasteiger partial charge < -0.3 is 10.1 Å². The van der Waals surface area contributed by atoms with Gasteiger partial charge in [0.2, 0.25) is 0 Å². The summed E-state index contributed by atoms with van der Waals surface area (Å²) in [5.41, 5.74) is 1.47. The fraction of sp³-hybridized carbons (Fsp3) is 0.133. The fourth-order valence-electron chi connectivity index (χ4n) is 1.95. The Kier molecular flexibility index (Phi) is 4.26. The van der Waals surface area contributed by atoms with Crippen LogP contribution in [0.1, 0.15) is 31.8 Å². The number of pyridine rings is 1. The number of imide groups is 1. The van der Waals surface area contributed by atoms with Crippen LogP contribution in [0.3, 0.4) is 0 Å². The zero-order chi connectivity index (χ0) is 16.3. The largest absolute Gasteiger partial charge is 0.366 e. The van der Waals surface area contributed by atoms with E-state index in [1.165, 1.54) is 13.0 Å². The van der Waals surface area contributed by atoms with Crippen LogP contribution in [0.2, 0.25) is 0 Å². The molecular weight excluding hydrogens is 286 g/mol. The topological polar surface area (TPSA) is 102 Å². The molecule has 0 aliphatic carbocycles. The third-order valence-electron chi connectivity index (χ3n) is 3.10. The Balaban J connectivity index is 2.19. The van der Waals surface area contributed by atoms with Crippen LogP contribution in [-0.4, -0.2) is 21.7 Å². The van der Waals surface area contributed by atoms with Gasteiger partial charge in [-0.15, -0.1) is 0 Å². The monoisotopic (exact) mass is 299 g/mol. The molecule has 7 heteroatoms. The summed E-state index contributed by atoms with van der Waals surface area (Å²) in [6, 6.07) is 8.18. The van der Waals surface area contributed by atoms with Gasteiger partial charge in [0.15, 0.2) is 6.20 Å². The van der Waals surface area contributed by atoms with Crippen molar-refractivity contribution in [2.45, 2.75) is 13.8 Å². The molecule has 0 saturated heterocycles. The molecule has 0 bridgehead atoms. The maximum absolute atomic E-state index is 12.0. The number of nitro groups is 1. The number of benzene rings is 1. The van der Waals surface area contributed by atoms with E-state index in [-0.39, 0.29) is 16.9 Å². The van der Waals surface area contributed by atoms with E-state index in [0.29, 0.717) is 5.56 Å². The van der Waals surface area contributed by atoms with Gasteiger partial charge in [0, 0.05) is 11.1 Å². The standard InChI is InChI=1S/C15H13N3O4/c1-9-5-3-4-6-12(9)15(20)17-14(19)11-7-10(2)13(16-8-11)18(21)22/h3-8H,1-2H3,(H,17,19,20). The molecule has 0 saturated carbocycles. The van der Waals surface area contributed by atoms with E-state index in [2.05, 4.69) is 10.3 Å². The zero-order valence-corrected chi connectivity index (χ0v) is 12.0. The molecule has 0 aliphatic rings. The second-order valence-corrected chi connectivity index (χ2v) is 4.72. The summed E-state index contributed by atoms with van der Waals surface area (Å²) >= 11 is 0. The lowest BCUT2D eigenvalue weighted by Gasteiger charge is -2.06. The van der Waals surface area contributed by atoms with Gasteiger partial charge in [0.05, 0.1) is 5.56 Å². The first kappa shape index (κ1) is 15.3. The zero-order valence-electron chi connectivity index (χ0n) is 12.0. The van der Waals surface area contributed by atoms with Crippen molar-refractivity contribution in [3.05, 3.63) is 68.9 Å². The highest BCUT2D eigenvalue weighted by Crippen LogP contribution is 2.15. The Morgan fingerprint density at radius 3 is 2.41 bits per heavy atom. The van der Waals surface area contributed by atoms with Gasteiger partial charge >= 0.3 is 5.82 Å². The van der Waals surface area contributed by atoms with Gasteiger partial charge in [-0.2, -0.15) is 0 Å². The third kappa shape index (κ3) is 3.14. The van der Waals surface area contributed by atoms with Gasteiger partial charge in [0.25, 0.3) is 11.8 Å². The van der Waals surface area contributed by atoms with Crippen molar-refractivity contribution in [2.24, 2.45) is 0 Å². The molecule has 0 unspecified atom stereocenters. The van der Waals surface area contributed by atoms with Gasteiger partial charge in [-0.1, -0.05) is 18.2 Å². The molecule has 7 nitrogen and oxygen atoms in total. The lowest BCUT2D eigenvalue weighted by Crippen LogP contribution is -2.31. The first-order chi connectivity index (χ1) is 10.4. The summed E-state index contributed by atoms with van der Waals surface area (Å²) in [4.78, 5) is 37.8. The molecule has 22 heavy (non-hydrogen) atoms. The van der Waals surface area contributed by atoms with Crippen molar-refractivity contribution in [1.82, 2.24) is 10.3 Å². The van der Waals surface area contributed by atoms with Crippen LogP contribution in [0, 0.1) is 24.0 Å². The summed E-state index contributed by atoms with van der Waals surface area (Å²) < 4.78 is 0. The quantitative estimate of drug-likeness (QED) is 0.531. The number of aromatic nitrogens is 1. The molecule has 1 aromatic heterocycles. The Bertz CT molecular complexity index is 771. The van der Waals surface area contributed by atoms with E-state index in [9.17, 15) is 19.7 Å². The normalized spacial score (nSPS) is 10.1. The SMILES string of the molecule is Cc1ccccc1C(=O)NC(=O)c1cnc([N+](=O)[O-])c(C)c1. The molecule has 0 radical (unpaired) electrons. The molecular formula is C15H13N3O4. The first-order valence-corrected chi connectivity index (χ1v) is 6.42. The van der Waals surface area contributed by atoms with Crippen LogP contribution in [-0.2, 0) is 0 Å². The summed E-state index contributed by atoms with van der Waals surface area (Å²) in [6.45, 7) is 3.24. The number of hydrogen-bond acceptors (Lipinski definition) is 5. The number of nitrogens with one attached hydrogen (secondary N) is 1. The minimum Gasteiger partial charge on any atom is -0.358 e. The molecule has 2 aromatic rings. The molecule has 0 aliphatic heterocycles. The summed E-state index contributed by atoms with van der Waals surface area (Å²) in [6.07, 6.45) is 1.07. The third-order valence-corrected chi connectivity index (χ3v) is 3.10. The molecule has 0 atom stereocenters. The average molecular weight is 299 g/mol. The molecule has 0 spiro atoms. The Hall–Kier alpha value is -3.09. The molecule has 1 aromatic carbocycles. The van der Waals surface area contributed by atoms with Gasteiger partial charge in [-0.3, -0.25) is 14.9 Å². The molecule has 2 amide bonds. The predicted molar refractivity (Wildman–Crippen MR) is 78.6 cm³/mol. The Morgan fingerprint density at radius 1 is 1.14 bits per heavy atom. The van der Waals surface area contributed by atoms with Crippen molar-refractivity contribution in [3.8, 4) is 0 Å². The number of carbonyl (C=O) groups is 2. The van der Waals surface area contributed by atoms with Crippen LogP contribution in [0.25, 0.3) is 0 Å². The molecule has 0 fully saturated rings. The van der Waals surface area contributed by atoms with E-state index in [1.54, 1.807) is 31.2 Å². The van der Waals surface area contributed by atoms with Crippen LogP contribution in [0.15, 0.2) is 36.5 Å². The molecule has 2 rings (SSSR count). The minimum atomic E-state index is -0.654. The lowest BCUT2D eigenvalue weighted by molar-refractivity contribution is -0.390. The second kappa shape index (κ2) is 6.13. The number of amides is 2. The summed E-state index contributed by atoms with van der Waals surface area (Å²) in [7, 11) is 0. The maximum atomic E-state index is 12.0. The highest BCUT2D eigenvalue weighted by Gasteiger charge is 2.18. The summed E-state index contributed by atoms with van der Waals surface area (Å²) in [5, 5.41) is 12.9. The molecule has 1 heterocycles. The van der Waals surface area contributed by atoms with Crippen LogP contribution in [0.4, 0.5) is 5.82 Å². The second-order valence-electron chi connectivity index (χ2n) is 4.72. The Labute approximate surface area is 126 Å². The van der Waals surface area contributed by atoms with Crippen molar-refractivity contribution in [3.63, 3.8) is 0 Å². The van der Waals surface area contributed by atoms with Crippen molar-refractivity contribution in [2.75, 3.05) is 0 Å². The van der Waals surface area contributed by atoms with Gasteiger partial charge in [0.1, 0.15) is 0 Å². The average Bonchev–Trinajstić information content (AvgIpc) is 2.46. The van der Waals surface area contributed by atoms with Gasteiger partial charge in [-0.25, -0.2) is 0 Å². The maximum Gasteiger partial charge on any atom is 0.366 e. The van der Waals surface area contributed by atoms with E-state index in [4.69, 9.17) is 0 Å². The van der Waals surface area contributed by atoms with E-state index < -0.39 is 16.7 Å². The number of rotatable bonds is 3. The van der Waals surface area contributed by atoms with Crippen LogP contribution in [0.5, 0.6) is 0 Å². The lowest BCUT2D eigenvalue weighted by atomic mass is 10.1. The number of carbonyl (C=O) groups excluding carboxylic acids is 2. The number of aryl methyl sites for hydroxylation is 2. The predicted octanol–water partition coefficient (Wildman–Crippen LogP) is 2.18. The van der Waals surface area contributed by atoms with Gasteiger partial charge in [-0.05, 0) is 41.5 Å². The number of hydrogen-bond donors (Lipinski definition) is 1. The van der Waals surface area contributed by atoms with Crippen molar-refractivity contribution in [1.29, 1.82) is 0 Å².